The van der Waals surface area contributed by atoms with Gasteiger partial charge >= 0.3 is 0 Å². The minimum Gasteiger partial charge on any atom is -0.497 e. The number of anilines is 1. The third-order valence-corrected chi connectivity index (χ3v) is 4.81. The maximum absolute atomic E-state index is 12.7. The van der Waals surface area contributed by atoms with Crippen molar-refractivity contribution in [1.82, 2.24) is 4.98 Å². The lowest BCUT2D eigenvalue weighted by Crippen LogP contribution is -2.29. The molecule has 0 bridgehead atoms. The minimum atomic E-state index is 0.0688. The van der Waals surface area contributed by atoms with E-state index in [0.717, 1.165) is 34.6 Å². The molecular formula is C18H20N2O3S. The zero-order valence-corrected chi connectivity index (χ0v) is 14.6. The van der Waals surface area contributed by atoms with Crippen LogP contribution in [-0.4, -0.2) is 18.0 Å². The van der Waals surface area contributed by atoms with Crippen LogP contribution in [0.25, 0.3) is 10.2 Å². The molecule has 0 atom stereocenters. The number of rotatable bonds is 7. The van der Waals surface area contributed by atoms with Crippen LogP contribution < -0.4 is 9.64 Å². The van der Waals surface area contributed by atoms with Gasteiger partial charge in [0.25, 0.3) is 0 Å². The molecule has 2 aromatic heterocycles. The molecule has 1 amide bonds. The fourth-order valence-corrected chi connectivity index (χ4v) is 3.38. The molecule has 6 heteroatoms. The smallest absolute Gasteiger partial charge is 0.229 e. The van der Waals surface area contributed by atoms with Crippen LogP contribution in [0.1, 0.15) is 31.9 Å². The van der Waals surface area contributed by atoms with Crippen molar-refractivity contribution in [2.75, 3.05) is 12.0 Å². The molecule has 3 rings (SSSR count). The van der Waals surface area contributed by atoms with E-state index in [0.29, 0.717) is 18.1 Å². The second-order valence-electron chi connectivity index (χ2n) is 5.49. The summed E-state index contributed by atoms with van der Waals surface area (Å²) >= 11 is 1.50. The lowest BCUT2D eigenvalue weighted by molar-refractivity contribution is -0.118. The summed E-state index contributed by atoms with van der Waals surface area (Å²) in [5.74, 6) is 1.57. The summed E-state index contributed by atoms with van der Waals surface area (Å²) in [6, 6.07) is 9.46. The highest BCUT2D eigenvalue weighted by Gasteiger charge is 2.21. The standard InChI is InChI=1S/C18H20N2O3S/c1-3-4-7-17(21)20(12-14-6-5-10-23-14)18-19-15-11-13(22-2)8-9-16(15)24-18/h5-6,8-11H,3-4,7,12H2,1-2H3. The zero-order valence-electron chi connectivity index (χ0n) is 13.8. The maximum atomic E-state index is 12.7. The zero-order chi connectivity index (χ0) is 16.9. The Morgan fingerprint density at radius 1 is 1.38 bits per heavy atom. The molecule has 0 aliphatic heterocycles. The maximum Gasteiger partial charge on any atom is 0.229 e. The molecule has 0 spiro atoms. The number of hydrogen-bond acceptors (Lipinski definition) is 5. The average molecular weight is 344 g/mol. The Morgan fingerprint density at radius 3 is 2.96 bits per heavy atom. The second-order valence-corrected chi connectivity index (χ2v) is 6.50. The monoisotopic (exact) mass is 344 g/mol. The number of ether oxygens (including phenoxy) is 1. The van der Waals surface area contributed by atoms with E-state index in [1.807, 2.05) is 30.3 Å². The summed E-state index contributed by atoms with van der Waals surface area (Å²) < 4.78 is 11.7. The summed E-state index contributed by atoms with van der Waals surface area (Å²) in [5, 5.41) is 0.691. The number of nitrogens with zero attached hydrogens (tertiary/aromatic N) is 2. The van der Waals surface area contributed by atoms with Gasteiger partial charge in [-0.05, 0) is 30.7 Å². The second kappa shape index (κ2) is 7.49. The van der Waals surface area contributed by atoms with E-state index < -0.39 is 0 Å². The van der Waals surface area contributed by atoms with Crippen molar-refractivity contribution in [2.24, 2.45) is 0 Å². The molecule has 3 aromatic rings. The Hall–Kier alpha value is -2.34. The number of furan rings is 1. The predicted octanol–water partition coefficient (Wildman–Crippen LogP) is 4.62. The summed E-state index contributed by atoms with van der Waals surface area (Å²) in [6.45, 7) is 2.47. The van der Waals surface area contributed by atoms with E-state index >= 15 is 0 Å². The normalized spacial score (nSPS) is 10.9. The predicted molar refractivity (Wildman–Crippen MR) is 95.6 cm³/mol. The van der Waals surface area contributed by atoms with Gasteiger partial charge in [-0.25, -0.2) is 4.98 Å². The number of unbranched alkanes of at least 4 members (excludes halogenated alkanes) is 1. The van der Waals surface area contributed by atoms with Gasteiger partial charge in [0.15, 0.2) is 5.13 Å². The van der Waals surface area contributed by atoms with Crippen LogP contribution in [0, 0.1) is 0 Å². The first-order valence-corrected chi connectivity index (χ1v) is 8.80. The topological polar surface area (TPSA) is 55.6 Å². The van der Waals surface area contributed by atoms with Gasteiger partial charge in [0.05, 0.1) is 30.1 Å². The Kier molecular flexibility index (Phi) is 5.15. The van der Waals surface area contributed by atoms with E-state index in [4.69, 9.17) is 9.15 Å². The number of aromatic nitrogens is 1. The van der Waals surface area contributed by atoms with Crippen molar-refractivity contribution >= 4 is 32.6 Å². The minimum absolute atomic E-state index is 0.0688. The van der Waals surface area contributed by atoms with Gasteiger partial charge in [-0.15, -0.1) is 0 Å². The summed E-state index contributed by atoms with van der Waals surface area (Å²) in [6.07, 6.45) is 3.98. The Bertz CT molecular complexity index is 811. The summed E-state index contributed by atoms with van der Waals surface area (Å²) in [5.41, 5.74) is 0.835. The van der Waals surface area contributed by atoms with Gasteiger partial charge in [0.1, 0.15) is 11.5 Å². The molecule has 0 radical (unpaired) electrons. The number of fused-ring (bicyclic) bond motifs is 1. The van der Waals surface area contributed by atoms with Crippen molar-refractivity contribution in [3.05, 3.63) is 42.4 Å². The molecule has 0 fully saturated rings. The summed E-state index contributed by atoms with van der Waals surface area (Å²) in [4.78, 5) is 19.0. The molecule has 0 aliphatic carbocycles. The summed E-state index contributed by atoms with van der Waals surface area (Å²) in [7, 11) is 1.63. The van der Waals surface area contributed by atoms with Crippen LogP contribution in [0.5, 0.6) is 5.75 Å². The van der Waals surface area contributed by atoms with Crippen molar-refractivity contribution in [3.63, 3.8) is 0 Å². The third kappa shape index (κ3) is 3.59. The number of benzene rings is 1. The van der Waals surface area contributed by atoms with Crippen LogP contribution in [0.2, 0.25) is 0 Å². The first kappa shape index (κ1) is 16.5. The molecule has 24 heavy (non-hydrogen) atoms. The average Bonchev–Trinajstić information content (AvgIpc) is 3.25. The van der Waals surface area contributed by atoms with E-state index in [1.165, 1.54) is 11.3 Å². The number of amides is 1. The van der Waals surface area contributed by atoms with Crippen molar-refractivity contribution in [3.8, 4) is 5.75 Å². The van der Waals surface area contributed by atoms with Crippen LogP contribution >= 0.6 is 11.3 Å². The molecule has 0 saturated carbocycles. The molecule has 2 heterocycles. The van der Waals surface area contributed by atoms with E-state index in [1.54, 1.807) is 18.3 Å². The van der Waals surface area contributed by atoms with Gasteiger partial charge in [-0.2, -0.15) is 0 Å². The van der Waals surface area contributed by atoms with Crippen LogP contribution in [0.4, 0.5) is 5.13 Å². The number of methoxy groups -OCH3 is 1. The van der Waals surface area contributed by atoms with Crippen molar-refractivity contribution < 1.29 is 13.9 Å². The fraction of sp³-hybridized carbons (Fsp3) is 0.333. The van der Waals surface area contributed by atoms with E-state index in [9.17, 15) is 4.79 Å². The van der Waals surface area contributed by atoms with Crippen LogP contribution in [-0.2, 0) is 11.3 Å². The lowest BCUT2D eigenvalue weighted by Gasteiger charge is -2.18. The number of thiazole rings is 1. The number of carbonyl (C=O) groups excluding carboxylic acids is 1. The molecule has 1 aromatic carbocycles. The van der Waals surface area contributed by atoms with Gasteiger partial charge in [0.2, 0.25) is 5.91 Å². The first-order chi connectivity index (χ1) is 11.7. The van der Waals surface area contributed by atoms with Crippen LogP contribution in [0.15, 0.2) is 41.0 Å². The molecular weight excluding hydrogens is 324 g/mol. The highest BCUT2D eigenvalue weighted by atomic mass is 32.1. The van der Waals surface area contributed by atoms with Gasteiger partial charge < -0.3 is 9.15 Å². The van der Waals surface area contributed by atoms with Gasteiger partial charge in [0, 0.05) is 12.5 Å². The third-order valence-electron chi connectivity index (χ3n) is 3.75. The van der Waals surface area contributed by atoms with Gasteiger partial charge in [-0.1, -0.05) is 24.7 Å². The Morgan fingerprint density at radius 2 is 2.25 bits per heavy atom. The van der Waals surface area contributed by atoms with E-state index in [-0.39, 0.29) is 5.91 Å². The molecule has 5 nitrogen and oxygen atoms in total. The quantitative estimate of drug-likeness (QED) is 0.627. The molecule has 0 aliphatic rings. The molecule has 0 saturated heterocycles. The van der Waals surface area contributed by atoms with Gasteiger partial charge in [-0.3, -0.25) is 9.69 Å². The van der Waals surface area contributed by atoms with Crippen molar-refractivity contribution in [1.29, 1.82) is 0 Å². The first-order valence-electron chi connectivity index (χ1n) is 7.98. The molecule has 126 valence electrons. The Balaban J connectivity index is 1.92. The largest absolute Gasteiger partial charge is 0.497 e. The van der Waals surface area contributed by atoms with E-state index in [2.05, 4.69) is 11.9 Å². The van der Waals surface area contributed by atoms with Crippen LogP contribution in [0.3, 0.4) is 0 Å². The SMILES string of the molecule is CCCCC(=O)N(Cc1ccco1)c1nc2cc(OC)ccc2s1. The Labute approximate surface area is 144 Å². The lowest BCUT2D eigenvalue weighted by atomic mass is 10.2. The molecule has 0 unspecified atom stereocenters. The number of hydrogen-bond donors (Lipinski definition) is 0. The highest BCUT2D eigenvalue weighted by Crippen LogP contribution is 2.32. The fourth-order valence-electron chi connectivity index (χ4n) is 2.42. The highest BCUT2D eigenvalue weighted by molar-refractivity contribution is 7.22. The number of carbonyl (C=O) groups is 1. The molecule has 0 N–H and O–H groups in total. The van der Waals surface area contributed by atoms with Crippen molar-refractivity contribution in [2.45, 2.75) is 32.7 Å².